The van der Waals surface area contributed by atoms with Crippen LogP contribution < -0.4 is 9.80 Å². The standard InChI is InChI=1S/C26H27N3O5/c1-2-33-24(31)17-29(20-11-4-3-5-12-20)23(30)18-34-26(32)21-16-19-10-6-7-13-22(19)27-25(21)28-14-8-9-15-28/h3-7,10-13,16H,2,8-9,14-15,17-18H2,1H3. The molecule has 0 saturated carbocycles. The second-order valence-electron chi connectivity index (χ2n) is 7.94. The lowest BCUT2D eigenvalue weighted by molar-refractivity contribution is -0.142. The van der Waals surface area contributed by atoms with Crippen LogP contribution in [0.15, 0.2) is 60.7 Å². The van der Waals surface area contributed by atoms with E-state index in [9.17, 15) is 14.4 Å². The van der Waals surface area contributed by atoms with Crippen molar-refractivity contribution in [2.24, 2.45) is 0 Å². The van der Waals surface area contributed by atoms with Gasteiger partial charge >= 0.3 is 11.9 Å². The van der Waals surface area contributed by atoms with E-state index in [1.807, 2.05) is 30.3 Å². The molecule has 0 unspecified atom stereocenters. The van der Waals surface area contributed by atoms with E-state index >= 15 is 0 Å². The van der Waals surface area contributed by atoms with Gasteiger partial charge in [-0.1, -0.05) is 36.4 Å². The number of carbonyl (C=O) groups is 3. The van der Waals surface area contributed by atoms with Crippen LogP contribution in [0.25, 0.3) is 10.9 Å². The molecular weight excluding hydrogens is 434 g/mol. The molecule has 176 valence electrons. The SMILES string of the molecule is CCOC(=O)CN(C(=O)COC(=O)c1cc2ccccc2nc1N1CCCC1)c1ccccc1. The lowest BCUT2D eigenvalue weighted by atomic mass is 10.1. The summed E-state index contributed by atoms with van der Waals surface area (Å²) in [4.78, 5) is 46.2. The number of fused-ring (bicyclic) bond motifs is 1. The van der Waals surface area contributed by atoms with E-state index in [4.69, 9.17) is 14.5 Å². The molecule has 0 N–H and O–H groups in total. The summed E-state index contributed by atoms with van der Waals surface area (Å²) < 4.78 is 10.4. The van der Waals surface area contributed by atoms with Gasteiger partial charge in [-0.3, -0.25) is 14.5 Å². The topological polar surface area (TPSA) is 89.0 Å². The Kier molecular flexibility index (Phi) is 7.37. The second kappa shape index (κ2) is 10.8. The number of hydrogen-bond acceptors (Lipinski definition) is 7. The number of amides is 1. The summed E-state index contributed by atoms with van der Waals surface area (Å²) in [5.41, 5.74) is 1.63. The van der Waals surface area contributed by atoms with Gasteiger partial charge in [-0.2, -0.15) is 0 Å². The van der Waals surface area contributed by atoms with Crippen LogP contribution in [0.3, 0.4) is 0 Å². The third-order valence-electron chi connectivity index (χ3n) is 5.62. The Morgan fingerprint density at radius 1 is 0.971 bits per heavy atom. The maximum atomic E-state index is 13.1. The van der Waals surface area contributed by atoms with E-state index in [0.717, 1.165) is 36.8 Å². The highest BCUT2D eigenvalue weighted by Gasteiger charge is 2.25. The van der Waals surface area contributed by atoms with Crippen LogP contribution in [0.5, 0.6) is 0 Å². The zero-order chi connectivity index (χ0) is 23.9. The molecular formula is C26H27N3O5. The monoisotopic (exact) mass is 461 g/mol. The van der Waals surface area contributed by atoms with Crippen LogP contribution in [0.2, 0.25) is 0 Å². The largest absolute Gasteiger partial charge is 0.465 e. The molecule has 4 rings (SSSR count). The van der Waals surface area contributed by atoms with Gasteiger partial charge in [0.25, 0.3) is 5.91 Å². The summed E-state index contributed by atoms with van der Waals surface area (Å²) >= 11 is 0. The number of ether oxygens (including phenoxy) is 2. The highest BCUT2D eigenvalue weighted by Crippen LogP contribution is 2.27. The first-order valence-electron chi connectivity index (χ1n) is 11.4. The molecule has 3 aromatic rings. The number of carbonyl (C=O) groups excluding carboxylic acids is 3. The van der Waals surface area contributed by atoms with E-state index in [0.29, 0.717) is 17.1 Å². The summed E-state index contributed by atoms with van der Waals surface area (Å²) in [6.45, 7) is 2.74. The van der Waals surface area contributed by atoms with Crippen molar-refractivity contribution in [3.63, 3.8) is 0 Å². The molecule has 1 fully saturated rings. The molecule has 34 heavy (non-hydrogen) atoms. The zero-order valence-corrected chi connectivity index (χ0v) is 19.1. The predicted molar refractivity (Wildman–Crippen MR) is 129 cm³/mol. The third-order valence-corrected chi connectivity index (χ3v) is 5.62. The minimum atomic E-state index is -0.627. The molecule has 0 bridgehead atoms. The first-order chi connectivity index (χ1) is 16.6. The predicted octanol–water partition coefficient (Wildman–Crippen LogP) is 3.59. The van der Waals surface area contributed by atoms with E-state index in [1.54, 1.807) is 37.3 Å². The van der Waals surface area contributed by atoms with E-state index in [1.165, 1.54) is 4.90 Å². The van der Waals surface area contributed by atoms with Gasteiger partial charge in [0, 0.05) is 24.2 Å². The van der Waals surface area contributed by atoms with Crippen molar-refractivity contribution in [1.82, 2.24) is 4.98 Å². The molecule has 2 heterocycles. The van der Waals surface area contributed by atoms with Crippen molar-refractivity contribution in [1.29, 1.82) is 0 Å². The van der Waals surface area contributed by atoms with Crippen LogP contribution in [-0.2, 0) is 19.1 Å². The molecule has 1 saturated heterocycles. The van der Waals surface area contributed by atoms with Crippen LogP contribution in [0.1, 0.15) is 30.1 Å². The van der Waals surface area contributed by atoms with Crippen molar-refractivity contribution in [2.45, 2.75) is 19.8 Å². The zero-order valence-electron chi connectivity index (χ0n) is 19.1. The lowest BCUT2D eigenvalue weighted by Gasteiger charge is -2.22. The highest BCUT2D eigenvalue weighted by molar-refractivity contribution is 6.02. The van der Waals surface area contributed by atoms with Crippen LogP contribution in [-0.4, -0.2) is 55.7 Å². The smallest absolute Gasteiger partial charge is 0.342 e. The number of nitrogens with zero attached hydrogens (tertiary/aromatic N) is 3. The Morgan fingerprint density at radius 3 is 2.41 bits per heavy atom. The first kappa shape index (κ1) is 23.2. The molecule has 1 amide bonds. The molecule has 1 aromatic heterocycles. The Hall–Kier alpha value is -3.94. The summed E-state index contributed by atoms with van der Waals surface area (Å²) in [6.07, 6.45) is 2.06. The number of esters is 2. The number of rotatable bonds is 8. The van der Waals surface area contributed by atoms with Crippen molar-refractivity contribution in [3.05, 3.63) is 66.2 Å². The Labute approximate surface area is 198 Å². The van der Waals surface area contributed by atoms with Crippen molar-refractivity contribution < 1.29 is 23.9 Å². The molecule has 8 nitrogen and oxygen atoms in total. The fourth-order valence-electron chi connectivity index (χ4n) is 3.98. The quantitative estimate of drug-likeness (QED) is 0.474. The van der Waals surface area contributed by atoms with Gasteiger partial charge in [0.05, 0.1) is 12.1 Å². The number of para-hydroxylation sites is 2. The number of pyridine rings is 1. The summed E-state index contributed by atoms with van der Waals surface area (Å²) in [5, 5.41) is 0.817. The average Bonchev–Trinajstić information content (AvgIpc) is 3.40. The molecule has 0 spiro atoms. The molecule has 0 atom stereocenters. The van der Waals surface area contributed by atoms with Gasteiger partial charge < -0.3 is 14.4 Å². The Morgan fingerprint density at radius 2 is 1.68 bits per heavy atom. The fourth-order valence-corrected chi connectivity index (χ4v) is 3.98. The van der Waals surface area contributed by atoms with Gasteiger partial charge in [-0.15, -0.1) is 0 Å². The number of anilines is 2. The Balaban J connectivity index is 1.54. The maximum absolute atomic E-state index is 13.1. The van der Waals surface area contributed by atoms with Gasteiger partial charge in [0.15, 0.2) is 6.61 Å². The van der Waals surface area contributed by atoms with Crippen LogP contribution in [0, 0.1) is 0 Å². The molecule has 1 aliphatic rings. The van der Waals surface area contributed by atoms with Crippen LogP contribution in [0.4, 0.5) is 11.5 Å². The van der Waals surface area contributed by atoms with Crippen molar-refractivity contribution in [2.75, 3.05) is 42.6 Å². The third kappa shape index (κ3) is 5.33. The summed E-state index contributed by atoms with van der Waals surface area (Å²) in [7, 11) is 0. The van der Waals surface area contributed by atoms with Gasteiger partial charge in [0.2, 0.25) is 0 Å². The average molecular weight is 462 g/mol. The first-order valence-corrected chi connectivity index (χ1v) is 11.4. The fraction of sp³-hybridized carbons (Fsp3) is 0.308. The number of benzene rings is 2. The molecule has 8 heteroatoms. The lowest BCUT2D eigenvalue weighted by Crippen LogP contribution is -2.39. The Bertz CT molecular complexity index is 1180. The van der Waals surface area contributed by atoms with E-state index in [2.05, 4.69) is 4.90 Å². The summed E-state index contributed by atoms with van der Waals surface area (Å²) in [6, 6.07) is 18.1. The maximum Gasteiger partial charge on any atom is 0.342 e. The molecule has 1 aliphatic heterocycles. The number of hydrogen-bond donors (Lipinski definition) is 0. The van der Waals surface area contributed by atoms with Gasteiger partial charge in [-0.25, -0.2) is 9.78 Å². The van der Waals surface area contributed by atoms with E-state index < -0.39 is 24.5 Å². The minimum Gasteiger partial charge on any atom is -0.465 e. The molecule has 0 aliphatic carbocycles. The second-order valence-corrected chi connectivity index (χ2v) is 7.94. The van der Waals surface area contributed by atoms with E-state index in [-0.39, 0.29) is 13.2 Å². The van der Waals surface area contributed by atoms with Gasteiger partial charge in [0.1, 0.15) is 17.9 Å². The molecule has 0 radical (unpaired) electrons. The number of aromatic nitrogens is 1. The minimum absolute atomic E-state index is 0.207. The van der Waals surface area contributed by atoms with Crippen LogP contribution >= 0.6 is 0 Å². The summed E-state index contributed by atoms with van der Waals surface area (Å²) in [5.74, 6) is -1.12. The van der Waals surface area contributed by atoms with Crippen molar-refractivity contribution >= 4 is 40.3 Å². The molecule has 2 aromatic carbocycles. The highest BCUT2D eigenvalue weighted by atomic mass is 16.5. The van der Waals surface area contributed by atoms with Crippen molar-refractivity contribution in [3.8, 4) is 0 Å². The van der Waals surface area contributed by atoms with Gasteiger partial charge in [-0.05, 0) is 44.0 Å². The normalized spacial score (nSPS) is 13.0.